The predicted molar refractivity (Wildman–Crippen MR) is 53.6 cm³/mol. The number of nitrogen functional groups attached to an aromatic ring is 1. The number of aromatic amines is 1. The van der Waals surface area contributed by atoms with Gasteiger partial charge in [0.1, 0.15) is 12.0 Å². The Morgan fingerprint density at radius 1 is 1.69 bits per heavy atom. The summed E-state index contributed by atoms with van der Waals surface area (Å²) < 4.78 is 6.41. The quantitative estimate of drug-likeness (QED) is 0.228. The number of nitrogens with zero attached hydrogens (tertiary/aromatic N) is 3. The van der Waals surface area contributed by atoms with Crippen molar-refractivity contribution in [1.29, 1.82) is 0 Å². The van der Waals surface area contributed by atoms with Crippen LogP contribution in [0.2, 0.25) is 0 Å². The van der Waals surface area contributed by atoms with Crippen molar-refractivity contribution in [2.75, 3.05) is 11.3 Å². The maximum atomic E-state index is 5.63. The predicted octanol–water partition coefficient (Wildman–Crippen LogP) is -3.24. The molecule has 0 saturated heterocycles. The van der Waals surface area contributed by atoms with E-state index in [0.29, 0.717) is 11.7 Å². The van der Waals surface area contributed by atoms with Gasteiger partial charge in [0, 0.05) is 12.0 Å². The smallest absolute Gasteiger partial charge is 0.421 e. The van der Waals surface area contributed by atoms with Gasteiger partial charge in [0.15, 0.2) is 0 Å². The van der Waals surface area contributed by atoms with Crippen LogP contribution in [0.5, 0.6) is 0 Å². The van der Waals surface area contributed by atoms with Crippen molar-refractivity contribution in [2.45, 2.75) is 6.92 Å². The van der Waals surface area contributed by atoms with Gasteiger partial charge >= 0.3 is 5.95 Å². The molecular formula is C8H11ClN6O. The molecule has 2 aromatic heterocycles. The van der Waals surface area contributed by atoms with E-state index in [2.05, 4.69) is 20.7 Å². The fourth-order valence-electron chi connectivity index (χ4n) is 0.998. The Labute approximate surface area is 97.7 Å². The monoisotopic (exact) mass is 242 g/mol. The lowest BCUT2D eigenvalue weighted by molar-refractivity contribution is -0.631. The molecular weight excluding hydrogens is 232 g/mol. The number of nitrogens with one attached hydrogen (secondary N) is 2. The summed E-state index contributed by atoms with van der Waals surface area (Å²) in [5.74, 6) is 7.43. The van der Waals surface area contributed by atoms with Gasteiger partial charge < -0.3 is 16.8 Å². The molecule has 8 heteroatoms. The van der Waals surface area contributed by atoms with E-state index < -0.39 is 0 Å². The lowest BCUT2D eigenvalue weighted by Gasteiger charge is -1.90. The van der Waals surface area contributed by atoms with Gasteiger partial charge in [0.2, 0.25) is 5.82 Å². The maximum Gasteiger partial charge on any atom is 0.421 e. The third kappa shape index (κ3) is 2.51. The van der Waals surface area contributed by atoms with Crippen LogP contribution in [0.3, 0.4) is 0 Å². The summed E-state index contributed by atoms with van der Waals surface area (Å²) in [4.78, 5) is 0. The lowest BCUT2D eigenvalue weighted by atomic mass is 10.5. The van der Waals surface area contributed by atoms with E-state index in [1.54, 1.807) is 25.3 Å². The number of rotatable bonds is 3. The van der Waals surface area contributed by atoms with Crippen molar-refractivity contribution in [3.05, 3.63) is 30.0 Å². The van der Waals surface area contributed by atoms with Crippen LogP contribution in [0.1, 0.15) is 11.6 Å². The van der Waals surface area contributed by atoms with Crippen molar-refractivity contribution in [3.8, 4) is 0 Å². The number of aromatic nitrogens is 3. The minimum Gasteiger partial charge on any atom is -1.00 e. The van der Waals surface area contributed by atoms with Crippen molar-refractivity contribution >= 4 is 12.2 Å². The number of hydrogen-bond acceptors (Lipinski definition) is 5. The van der Waals surface area contributed by atoms with Crippen LogP contribution in [0.4, 0.5) is 5.95 Å². The number of anilines is 1. The first-order valence-electron chi connectivity index (χ1n) is 4.32. The average Bonchev–Trinajstić information content (AvgIpc) is 2.83. The molecule has 0 unspecified atom stereocenters. The molecule has 0 aromatic carbocycles. The number of halogens is 1. The summed E-state index contributed by atoms with van der Waals surface area (Å²) in [5.41, 5.74) is 2.68. The molecule has 0 spiro atoms. The minimum absolute atomic E-state index is 0. The summed E-state index contributed by atoms with van der Waals surface area (Å²) in [6, 6.07) is 3.57. The molecule has 86 valence electrons. The van der Waals surface area contributed by atoms with Gasteiger partial charge in [-0.3, -0.25) is 5.84 Å². The first-order chi connectivity index (χ1) is 7.27. The highest BCUT2D eigenvalue weighted by atomic mass is 35.5. The van der Waals surface area contributed by atoms with Crippen molar-refractivity contribution in [3.63, 3.8) is 0 Å². The highest BCUT2D eigenvalue weighted by molar-refractivity contribution is 5.76. The van der Waals surface area contributed by atoms with E-state index in [4.69, 9.17) is 10.3 Å². The fourth-order valence-corrected chi connectivity index (χ4v) is 0.998. The summed E-state index contributed by atoms with van der Waals surface area (Å²) in [5, 5.41) is 10.5. The first kappa shape index (κ1) is 12.1. The normalized spacial score (nSPS) is 10.3. The van der Waals surface area contributed by atoms with E-state index >= 15 is 0 Å². The standard InChI is InChI=1S/C8H10N6O.ClH/c1-6-11-13-8(14(6)9)12-10-5-7-3-2-4-15-7;/h2-5H,9H2,1H3,(H,12,13);1H. The van der Waals surface area contributed by atoms with E-state index in [0.717, 1.165) is 5.82 Å². The topological polar surface area (TPSA) is 96.1 Å². The number of H-pyrrole nitrogens is 1. The molecule has 0 radical (unpaired) electrons. The summed E-state index contributed by atoms with van der Waals surface area (Å²) in [6.45, 7) is 1.80. The highest BCUT2D eigenvalue weighted by Crippen LogP contribution is 1.96. The Morgan fingerprint density at radius 2 is 2.50 bits per heavy atom. The van der Waals surface area contributed by atoms with E-state index in [1.807, 2.05) is 0 Å². The van der Waals surface area contributed by atoms with Gasteiger partial charge in [-0.15, -0.1) is 9.78 Å². The molecule has 0 saturated carbocycles. The van der Waals surface area contributed by atoms with Crippen LogP contribution in [0, 0.1) is 6.92 Å². The van der Waals surface area contributed by atoms with Crippen LogP contribution >= 0.6 is 0 Å². The zero-order valence-electron chi connectivity index (χ0n) is 8.51. The summed E-state index contributed by atoms with van der Waals surface area (Å²) in [6.07, 6.45) is 3.10. The second-order valence-electron chi connectivity index (χ2n) is 2.89. The fraction of sp³-hybridized carbons (Fsp3) is 0.125. The molecule has 0 aliphatic carbocycles. The highest BCUT2D eigenvalue weighted by Gasteiger charge is 2.11. The Kier molecular flexibility index (Phi) is 3.90. The molecule has 16 heavy (non-hydrogen) atoms. The Morgan fingerprint density at radius 3 is 3.06 bits per heavy atom. The molecule has 7 nitrogen and oxygen atoms in total. The zero-order chi connectivity index (χ0) is 10.7. The lowest BCUT2D eigenvalue weighted by Crippen LogP contribution is -3.00. The van der Waals surface area contributed by atoms with E-state index in [1.165, 1.54) is 10.9 Å². The Bertz CT molecular complexity index is 463. The third-order valence-corrected chi connectivity index (χ3v) is 1.81. The molecule has 0 amide bonds. The molecule has 0 atom stereocenters. The van der Waals surface area contributed by atoms with E-state index in [9.17, 15) is 0 Å². The Balaban J connectivity index is 0.00000128. The molecule has 0 bridgehead atoms. The maximum absolute atomic E-state index is 5.63. The van der Waals surface area contributed by atoms with Crippen molar-refractivity contribution < 1.29 is 21.5 Å². The molecule has 0 aliphatic rings. The number of hydrazone groups is 1. The molecule has 2 aromatic rings. The second-order valence-corrected chi connectivity index (χ2v) is 2.89. The minimum atomic E-state index is 0. The molecule has 0 aliphatic heterocycles. The van der Waals surface area contributed by atoms with Gasteiger partial charge in [-0.2, -0.15) is 10.5 Å². The Hall–Kier alpha value is -2.02. The van der Waals surface area contributed by atoms with Gasteiger partial charge in [0.25, 0.3) is 0 Å². The largest absolute Gasteiger partial charge is 1.00 e. The van der Waals surface area contributed by atoms with Crippen molar-refractivity contribution in [2.24, 2.45) is 5.10 Å². The van der Waals surface area contributed by atoms with Gasteiger partial charge in [-0.05, 0) is 12.1 Å². The number of nitrogens with two attached hydrogens (primary N) is 1. The number of hydrogen-bond donors (Lipinski definition) is 3. The average molecular weight is 243 g/mol. The van der Waals surface area contributed by atoms with Crippen LogP contribution in [-0.2, 0) is 0 Å². The van der Waals surface area contributed by atoms with E-state index in [-0.39, 0.29) is 12.4 Å². The SMILES string of the molecule is Cc1[nH]nc(NN=Cc2ccco2)[n+]1N.[Cl-]. The number of aryl methyl sites for hydroxylation is 1. The van der Waals surface area contributed by atoms with Gasteiger partial charge in [-0.25, -0.2) is 0 Å². The molecule has 2 rings (SSSR count). The molecule has 4 N–H and O–H groups in total. The van der Waals surface area contributed by atoms with Gasteiger partial charge in [-0.1, -0.05) is 0 Å². The molecule has 2 heterocycles. The second kappa shape index (κ2) is 5.17. The first-order valence-corrected chi connectivity index (χ1v) is 4.32. The third-order valence-electron chi connectivity index (χ3n) is 1.81. The van der Waals surface area contributed by atoms with Crippen molar-refractivity contribution in [1.82, 2.24) is 10.2 Å². The zero-order valence-corrected chi connectivity index (χ0v) is 9.27. The van der Waals surface area contributed by atoms with Crippen LogP contribution in [0.25, 0.3) is 0 Å². The van der Waals surface area contributed by atoms with Gasteiger partial charge in [0.05, 0.1) is 6.26 Å². The van der Waals surface area contributed by atoms with Crippen LogP contribution in [0.15, 0.2) is 27.9 Å². The molecule has 0 fully saturated rings. The summed E-state index contributed by atoms with van der Waals surface area (Å²) >= 11 is 0. The summed E-state index contributed by atoms with van der Waals surface area (Å²) in [7, 11) is 0. The van der Waals surface area contributed by atoms with Crippen LogP contribution in [-0.4, -0.2) is 16.4 Å². The van der Waals surface area contributed by atoms with Crippen LogP contribution < -0.4 is 28.4 Å². The number of furan rings is 1.